The SMILES string of the molecule is CCOc1c(C(N)=S)c(C)nn1C. The predicted octanol–water partition coefficient (Wildman–Crippen LogP) is 0.761. The molecule has 1 rings (SSSR count). The monoisotopic (exact) mass is 199 g/mol. The van der Waals surface area contributed by atoms with Crippen LogP contribution in [-0.2, 0) is 7.05 Å². The molecule has 72 valence electrons. The third-order valence-electron chi connectivity index (χ3n) is 1.70. The lowest BCUT2D eigenvalue weighted by atomic mass is 10.2. The average Bonchev–Trinajstić information content (AvgIpc) is 2.27. The summed E-state index contributed by atoms with van der Waals surface area (Å²) in [6.45, 7) is 4.34. The molecular weight excluding hydrogens is 186 g/mol. The Labute approximate surface area is 82.7 Å². The van der Waals surface area contributed by atoms with Gasteiger partial charge in [-0.2, -0.15) is 5.10 Å². The van der Waals surface area contributed by atoms with Crippen LogP contribution in [0.1, 0.15) is 18.2 Å². The zero-order chi connectivity index (χ0) is 10.0. The summed E-state index contributed by atoms with van der Waals surface area (Å²) in [5.74, 6) is 0.646. The summed E-state index contributed by atoms with van der Waals surface area (Å²) in [6, 6.07) is 0. The van der Waals surface area contributed by atoms with Crippen molar-refractivity contribution in [3.05, 3.63) is 11.3 Å². The molecule has 0 aliphatic carbocycles. The van der Waals surface area contributed by atoms with E-state index in [2.05, 4.69) is 5.10 Å². The zero-order valence-electron chi connectivity index (χ0n) is 8.00. The molecule has 0 aliphatic heterocycles. The molecule has 0 saturated carbocycles. The van der Waals surface area contributed by atoms with Crippen LogP contribution in [0.4, 0.5) is 0 Å². The van der Waals surface area contributed by atoms with Gasteiger partial charge in [-0.05, 0) is 13.8 Å². The van der Waals surface area contributed by atoms with Gasteiger partial charge in [-0.1, -0.05) is 12.2 Å². The number of nitrogens with two attached hydrogens (primary N) is 1. The van der Waals surface area contributed by atoms with Gasteiger partial charge in [0.2, 0.25) is 5.88 Å². The van der Waals surface area contributed by atoms with Gasteiger partial charge in [0, 0.05) is 7.05 Å². The van der Waals surface area contributed by atoms with E-state index in [0.717, 1.165) is 11.3 Å². The number of nitrogens with zero attached hydrogens (tertiary/aromatic N) is 2. The minimum Gasteiger partial charge on any atom is -0.478 e. The van der Waals surface area contributed by atoms with Crippen LogP contribution in [0.15, 0.2) is 0 Å². The van der Waals surface area contributed by atoms with Crippen LogP contribution >= 0.6 is 12.2 Å². The second-order valence-electron chi connectivity index (χ2n) is 2.69. The summed E-state index contributed by atoms with van der Waals surface area (Å²) in [6.07, 6.45) is 0. The Morgan fingerprint density at radius 3 is 2.77 bits per heavy atom. The van der Waals surface area contributed by atoms with Gasteiger partial charge in [0.15, 0.2) is 0 Å². The molecule has 5 heteroatoms. The molecule has 0 spiro atoms. The summed E-state index contributed by atoms with van der Waals surface area (Å²) in [5.41, 5.74) is 7.10. The Morgan fingerprint density at radius 2 is 2.31 bits per heavy atom. The minimum atomic E-state index is 0.328. The van der Waals surface area contributed by atoms with Crippen molar-refractivity contribution < 1.29 is 4.74 Å². The van der Waals surface area contributed by atoms with Crippen LogP contribution in [-0.4, -0.2) is 21.4 Å². The maximum Gasteiger partial charge on any atom is 0.222 e. The molecule has 0 bridgehead atoms. The second-order valence-corrected chi connectivity index (χ2v) is 3.13. The zero-order valence-corrected chi connectivity index (χ0v) is 8.81. The highest BCUT2D eigenvalue weighted by atomic mass is 32.1. The summed E-state index contributed by atoms with van der Waals surface area (Å²) in [5, 5.41) is 4.18. The molecule has 0 aromatic carbocycles. The fraction of sp³-hybridized carbons (Fsp3) is 0.500. The third kappa shape index (κ3) is 1.80. The van der Waals surface area contributed by atoms with Gasteiger partial charge in [0.05, 0.1) is 17.9 Å². The molecule has 0 unspecified atom stereocenters. The first kappa shape index (κ1) is 9.98. The van der Waals surface area contributed by atoms with E-state index in [1.165, 1.54) is 0 Å². The van der Waals surface area contributed by atoms with Crippen molar-refractivity contribution in [3.63, 3.8) is 0 Å². The lowest BCUT2D eigenvalue weighted by molar-refractivity contribution is 0.309. The first-order valence-electron chi connectivity index (χ1n) is 4.04. The fourth-order valence-electron chi connectivity index (χ4n) is 1.22. The quantitative estimate of drug-likeness (QED) is 0.730. The van der Waals surface area contributed by atoms with Crippen LogP contribution in [0.3, 0.4) is 0 Å². The van der Waals surface area contributed by atoms with Gasteiger partial charge in [-0.3, -0.25) is 0 Å². The molecule has 0 aliphatic rings. The summed E-state index contributed by atoms with van der Waals surface area (Å²) >= 11 is 4.91. The van der Waals surface area contributed by atoms with E-state index in [4.69, 9.17) is 22.7 Å². The minimum absolute atomic E-state index is 0.328. The van der Waals surface area contributed by atoms with Gasteiger partial charge in [-0.15, -0.1) is 0 Å². The Balaban J connectivity index is 3.20. The predicted molar refractivity (Wildman–Crippen MR) is 55.0 cm³/mol. The Kier molecular flexibility index (Phi) is 2.87. The molecule has 2 N–H and O–H groups in total. The van der Waals surface area contributed by atoms with Gasteiger partial charge in [-0.25, -0.2) is 4.68 Å². The first-order chi connectivity index (χ1) is 6.07. The molecule has 0 saturated heterocycles. The van der Waals surface area contributed by atoms with Crippen molar-refractivity contribution >= 4 is 17.2 Å². The van der Waals surface area contributed by atoms with Crippen LogP contribution < -0.4 is 10.5 Å². The number of hydrogen-bond acceptors (Lipinski definition) is 3. The lowest BCUT2D eigenvalue weighted by Gasteiger charge is -2.05. The van der Waals surface area contributed by atoms with Gasteiger partial charge >= 0.3 is 0 Å². The van der Waals surface area contributed by atoms with E-state index < -0.39 is 0 Å². The number of hydrogen-bond donors (Lipinski definition) is 1. The van der Waals surface area contributed by atoms with Crippen molar-refractivity contribution in [2.45, 2.75) is 13.8 Å². The van der Waals surface area contributed by atoms with E-state index in [1.54, 1.807) is 11.7 Å². The summed E-state index contributed by atoms with van der Waals surface area (Å²) in [4.78, 5) is 0.328. The van der Waals surface area contributed by atoms with E-state index in [0.29, 0.717) is 17.5 Å². The molecule has 0 radical (unpaired) electrons. The van der Waals surface area contributed by atoms with E-state index in [9.17, 15) is 0 Å². The lowest BCUT2D eigenvalue weighted by Crippen LogP contribution is -2.12. The van der Waals surface area contributed by atoms with Gasteiger partial charge in [0.25, 0.3) is 0 Å². The van der Waals surface area contributed by atoms with Gasteiger partial charge in [0.1, 0.15) is 4.99 Å². The summed E-state index contributed by atoms with van der Waals surface area (Å²) in [7, 11) is 1.81. The average molecular weight is 199 g/mol. The van der Waals surface area contributed by atoms with Crippen molar-refractivity contribution in [1.29, 1.82) is 0 Å². The summed E-state index contributed by atoms with van der Waals surface area (Å²) < 4.78 is 7.03. The molecule has 1 aromatic heterocycles. The number of aromatic nitrogens is 2. The third-order valence-corrected chi connectivity index (χ3v) is 1.90. The first-order valence-corrected chi connectivity index (χ1v) is 4.45. The molecule has 13 heavy (non-hydrogen) atoms. The molecule has 0 atom stereocenters. The van der Waals surface area contributed by atoms with Gasteiger partial charge < -0.3 is 10.5 Å². The topological polar surface area (TPSA) is 53.1 Å². The standard InChI is InChI=1S/C8H13N3OS/c1-4-12-8-6(7(9)13)5(2)10-11(8)3/h4H2,1-3H3,(H2,9,13). The van der Waals surface area contributed by atoms with Crippen molar-refractivity contribution in [2.24, 2.45) is 12.8 Å². The molecule has 4 nitrogen and oxygen atoms in total. The molecule has 1 aromatic rings. The number of thiocarbonyl (C=S) groups is 1. The van der Waals surface area contributed by atoms with E-state index in [-0.39, 0.29) is 0 Å². The Morgan fingerprint density at radius 1 is 1.69 bits per heavy atom. The molecular formula is C8H13N3OS. The van der Waals surface area contributed by atoms with E-state index in [1.807, 2.05) is 13.8 Å². The highest BCUT2D eigenvalue weighted by Gasteiger charge is 2.15. The van der Waals surface area contributed by atoms with Crippen LogP contribution in [0.25, 0.3) is 0 Å². The Bertz CT molecular complexity index is 332. The second kappa shape index (κ2) is 3.74. The van der Waals surface area contributed by atoms with Crippen LogP contribution in [0.5, 0.6) is 5.88 Å². The Hall–Kier alpha value is -1.10. The number of ether oxygens (including phenoxy) is 1. The molecule has 0 amide bonds. The normalized spacial score (nSPS) is 10.1. The molecule has 1 heterocycles. The van der Waals surface area contributed by atoms with Crippen molar-refractivity contribution in [2.75, 3.05) is 6.61 Å². The fourth-order valence-corrected chi connectivity index (χ4v) is 1.46. The number of rotatable bonds is 3. The highest BCUT2D eigenvalue weighted by Crippen LogP contribution is 2.20. The molecule has 0 fully saturated rings. The van der Waals surface area contributed by atoms with Crippen molar-refractivity contribution in [3.8, 4) is 5.88 Å². The number of aryl methyl sites for hydroxylation is 2. The van der Waals surface area contributed by atoms with Crippen LogP contribution in [0, 0.1) is 6.92 Å². The van der Waals surface area contributed by atoms with Crippen molar-refractivity contribution in [1.82, 2.24) is 9.78 Å². The maximum absolute atomic E-state index is 5.56. The largest absolute Gasteiger partial charge is 0.478 e. The van der Waals surface area contributed by atoms with E-state index >= 15 is 0 Å². The maximum atomic E-state index is 5.56. The van der Waals surface area contributed by atoms with Crippen LogP contribution in [0.2, 0.25) is 0 Å². The smallest absolute Gasteiger partial charge is 0.222 e. The highest BCUT2D eigenvalue weighted by molar-refractivity contribution is 7.80.